The van der Waals surface area contributed by atoms with Gasteiger partial charge in [0.15, 0.2) is 0 Å². The first kappa shape index (κ1) is 16.8. The molecule has 1 aromatic carbocycles. The number of benzene rings is 1. The minimum Gasteiger partial charge on any atom is -0.393 e. The van der Waals surface area contributed by atoms with E-state index in [2.05, 4.69) is 5.32 Å². The minimum absolute atomic E-state index is 0.0263. The number of nitrogens with one attached hydrogen (secondary N) is 1. The van der Waals surface area contributed by atoms with E-state index in [1.165, 1.54) is 4.90 Å². The van der Waals surface area contributed by atoms with Crippen LogP contribution in [0.4, 0.5) is 5.69 Å². The van der Waals surface area contributed by atoms with Crippen LogP contribution >= 0.6 is 11.6 Å². The van der Waals surface area contributed by atoms with Crippen LogP contribution < -0.4 is 5.32 Å². The van der Waals surface area contributed by atoms with Crippen molar-refractivity contribution in [3.05, 3.63) is 28.8 Å². The Balaban J connectivity index is 2.03. The van der Waals surface area contributed by atoms with E-state index in [1.54, 1.807) is 32.0 Å². The molecule has 0 spiro atoms. The molecule has 0 aliphatic carbocycles. The van der Waals surface area contributed by atoms with Crippen LogP contribution in [-0.2, 0) is 9.59 Å². The lowest BCUT2D eigenvalue weighted by molar-refractivity contribution is -0.144. The fraction of sp³-hybridized carbons (Fsp3) is 0.500. The van der Waals surface area contributed by atoms with Gasteiger partial charge in [0.25, 0.3) is 0 Å². The van der Waals surface area contributed by atoms with Crippen LogP contribution in [0.15, 0.2) is 18.2 Å². The Morgan fingerprint density at radius 2 is 2.18 bits per heavy atom. The number of carbonyl (C=O) groups excluding carboxylic acids is 2. The molecule has 0 saturated carbocycles. The molecule has 1 aliphatic heterocycles. The molecule has 1 heterocycles. The summed E-state index contributed by atoms with van der Waals surface area (Å²) in [4.78, 5) is 25.9. The molecule has 6 heteroatoms. The van der Waals surface area contributed by atoms with Gasteiger partial charge in [-0.05, 0) is 44.4 Å². The third-order valence-corrected chi connectivity index (χ3v) is 4.55. The quantitative estimate of drug-likeness (QED) is 0.819. The fourth-order valence-corrected chi connectivity index (χ4v) is 2.83. The lowest BCUT2D eigenvalue weighted by Crippen LogP contribution is -2.47. The average Bonchev–Trinajstić information content (AvgIpc) is 2.51. The second kappa shape index (κ2) is 7.11. The molecule has 2 unspecified atom stereocenters. The molecular formula is C16H21ClN2O3. The van der Waals surface area contributed by atoms with E-state index in [1.807, 2.05) is 0 Å². The monoisotopic (exact) mass is 324 g/mol. The zero-order valence-electron chi connectivity index (χ0n) is 12.8. The molecular weight excluding hydrogens is 304 g/mol. The van der Waals surface area contributed by atoms with Gasteiger partial charge in [-0.1, -0.05) is 17.7 Å². The van der Waals surface area contributed by atoms with Crippen molar-refractivity contribution >= 4 is 29.1 Å². The Hall–Kier alpha value is -1.59. The van der Waals surface area contributed by atoms with Crippen molar-refractivity contribution in [2.24, 2.45) is 5.92 Å². The second-order valence-corrected chi connectivity index (χ2v) is 6.17. The number of aliphatic hydroxyl groups excluding tert-OH is 1. The van der Waals surface area contributed by atoms with Gasteiger partial charge in [0.1, 0.15) is 0 Å². The summed E-state index contributed by atoms with van der Waals surface area (Å²) in [6, 6.07) is 5.16. The van der Waals surface area contributed by atoms with Crippen LogP contribution in [0.1, 0.15) is 25.3 Å². The summed E-state index contributed by atoms with van der Waals surface area (Å²) in [5.41, 5.74) is 1.26. The molecule has 120 valence electrons. The van der Waals surface area contributed by atoms with Crippen molar-refractivity contribution in [1.29, 1.82) is 0 Å². The van der Waals surface area contributed by atoms with Crippen molar-refractivity contribution in [3.8, 4) is 0 Å². The number of amides is 2. The number of rotatable bonds is 2. The molecule has 1 aromatic rings. The highest BCUT2D eigenvalue weighted by Crippen LogP contribution is 2.23. The molecule has 1 saturated heterocycles. The summed E-state index contributed by atoms with van der Waals surface area (Å²) in [5, 5.41) is 12.8. The van der Waals surface area contributed by atoms with Crippen LogP contribution in [-0.4, -0.2) is 41.0 Å². The largest absolute Gasteiger partial charge is 0.393 e. The maximum atomic E-state index is 12.3. The number of aliphatic hydroxyl groups is 1. The highest BCUT2D eigenvalue weighted by Gasteiger charge is 2.29. The number of halogens is 1. The third-order valence-electron chi connectivity index (χ3n) is 4.14. The number of hydrogen-bond acceptors (Lipinski definition) is 3. The summed E-state index contributed by atoms with van der Waals surface area (Å²) < 4.78 is 0. The number of nitrogens with zero attached hydrogens (tertiary/aromatic N) is 1. The Bertz CT molecular complexity index is 575. The smallest absolute Gasteiger partial charge is 0.313 e. The topological polar surface area (TPSA) is 69.6 Å². The predicted octanol–water partition coefficient (Wildman–Crippen LogP) is 2.21. The fourth-order valence-electron chi connectivity index (χ4n) is 2.65. The van der Waals surface area contributed by atoms with Crippen LogP contribution in [0.5, 0.6) is 0 Å². The van der Waals surface area contributed by atoms with Gasteiger partial charge < -0.3 is 15.3 Å². The number of anilines is 1. The van der Waals surface area contributed by atoms with Crippen molar-refractivity contribution in [2.45, 2.75) is 32.8 Å². The molecule has 2 atom stereocenters. The molecule has 0 aromatic heterocycles. The SMILES string of the molecule is Cc1c(Cl)cccc1NC(=O)C(=O)N1CCCC(C(C)O)C1. The van der Waals surface area contributed by atoms with Crippen molar-refractivity contribution in [1.82, 2.24) is 4.90 Å². The van der Waals surface area contributed by atoms with Gasteiger partial charge in [0.2, 0.25) is 0 Å². The van der Waals surface area contributed by atoms with Crippen molar-refractivity contribution < 1.29 is 14.7 Å². The van der Waals surface area contributed by atoms with E-state index in [0.717, 1.165) is 18.4 Å². The molecule has 2 N–H and O–H groups in total. The lowest BCUT2D eigenvalue weighted by Gasteiger charge is -2.33. The van der Waals surface area contributed by atoms with E-state index in [4.69, 9.17) is 11.6 Å². The second-order valence-electron chi connectivity index (χ2n) is 5.76. The normalized spacial score (nSPS) is 19.6. The van der Waals surface area contributed by atoms with Gasteiger partial charge in [-0.15, -0.1) is 0 Å². The first-order valence-electron chi connectivity index (χ1n) is 7.43. The van der Waals surface area contributed by atoms with Crippen molar-refractivity contribution in [3.63, 3.8) is 0 Å². The van der Waals surface area contributed by atoms with Crippen LogP contribution in [0, 0.1) is 12.8 Å². The summed E-state index contributed by atoms with van der Waals surface area (Å²) in [7, 11) is 0. The maximum absolute atomic E-state index is 12.3. The van der Waals surface area contributed by atoms with Gasteiger partial charge in [0.05, 0.1) is 6.10 Å². The Kier molecular flexibility index (Phi) is 5.42. The van der Waals surface area contributed by atoms with E-state index >= 15 is 0 Å². The molecule has 1 fully saturated rings. The average molecular weight is 325 g/mol. The highest BCUT2D eigenvalue weighted by molar-refractivity contribution is 6.40. The standard InChI is InChI=1S/C16H21ClN2O3/c1-10-13(17)6-3-7-14(10)18-15(21)16(22)19-8-4-5-12(9-19)11(2)20/h3,6-7,11-12,20H,4-5,8-9H2,1-2H3,(H,18,21). The van der Waals surface area contributed by atoms with E-state index in [0.29, 0.717) is 23.8 Å². The van der Waals surface area contributed by atoms with Gasteiger partial charge >= 0.3 is 11.8 Å². The molecule has 2 rings (SSSR count). The third kappa shape index (κ3) is 3.78. The number of carbonyl (C=O) groups is 2. The van der Waals surface area contributed by atoms with Gasteiger partial charge in [-0.25, -0.2) is 0 Å². The number of hydrogen-bond donors (Lipinski definition) is 2. The van der Waals surface area contributed by atoms with Crippen LogP contribution in [0.3, 0.4) is 0 Å². The van der Waals surface area contributed by atoms with Crippen LogP contribution in [0.2, 0.25) is 5.02 Å². The first-order valence-corrected chi connectivity index (χ1v) is 7.81. The number of likely N-dealkylation sites (tertiary alicyclic amines) is 1. The number of piperidine rings is 1. The van der Waals surface area contributed by atoms with Crippen LogP contribution in [0.25, 0.3) is 0 Å². The Morgan fingerprint density at radius 1 is 1.45 bits per heavy atom. The summed E-state index contributed by atoms with van der Waals surface area (Å²) in [6.45, 7) is 4.46. The zero-order valence-corrected chi connectivity index (χ0v) is 13.6. The molecule has 2 amide bonds. The summed E-state index contributed by atoms with van der Waals surface area (Å²) >= 11 is 6.01. The van der Waals surface area contributed by atoms with E-state index in [9.17, 15) is 14.7 Å². The summed E-state index contributed by atoms with van der Waals surface area (Å²) in [5.74, 6) is -1.21. The predicted molar refractivity (Wildman–Crippen MR) is 85.8 cm³/mol. The molecule has 0 bridgehead atoms. The Labute approximate surface area is 135 Å². The van der Waals surface area contributed by atoms with Crippen molar-refractivity contribution in [2.75, 3.05) is 18.4 Å². The lowest BCUT2D eigenvalue weighted by atomic mass is 9.93. The van der Waals surface area contributed by atoms with E-state index < -0.39 is 17.9 Å². The van der Waals surface area contributed by atoms with Gasteiger partial charge in [0, 0.05) is 29.7 Å². The molecule has 1 aliphatic rings. The van der Waals surface area contributed by atoms with E-state index in [-0.39, 0.29) is 5.92 Å². The zero-order chi connectivity index (χ0) is 16.3. The maximum Gasteiger partial charge on any atom is 0.313 e. The minimum atomic E-state index is -0.670. The molecule has 5 nitrogen and oxygen atoms in total. The Morgan fingerprint density at radius 3 is 2.86 bits per heavy atom. The first-order chi connectivity index (χ1) is 10.4. The van der Waals surface area contributed by atoms with Gasteiger partial charge in [-0.3, -0.25) is 9.59 Å². The molecule has 0 radical (unpaired) electrons. The van der Waals surface area contributed by atoms with Gasteiger partial charge in [-0.2, -0.15) is 0 Å². The highest BCUT2D eigenvalue weighted by atomic mass is 35.5. The summed E-state index contributed by atoms with van der Waals surface area (Å²) in [6.07, 6.45) is 1.19. The molecule has 22 heavy (non-hydrogen) atoms.